The summed E-state index contributed by atoms with van der Waals surface area (Å²) in [7, 11) is 0. The number of hydrazine groups is 1. The maximum atomic E-state index is 11.0. The van der Waals surface area contributed by atoms with Crippen molar-refractivity contribution in [3.63, 3.8) is 0 Å². The highest BCUT2D eigenvalue weighted by Crippen LogP contribution is 2.27. The molecule has 0 unspecified atom stereocenters. The molecule has 0 radical (unpaired) electrons. The van der Waals surface area contributed by atoms with E-state index in [2.05, 4.69) is 0 Å². The number of rotatable bonds is 1. The molecule has 0 bridgehead atoms. The zero-order valence-corrected chi connectivity index (χ0v) is 9.03. The summed E-state index contributed by atoms with van der Waals surface area (Å²) in [6, 6.07) is 0. The Bertz CT molecular complexity index is 401. The van der Waals surface area contributed by atoms with Crippen LogP contribution in [0.25, 0.3) is 0 Å². The number of nitrogens with two attached hydrogens (primary N) is 2. The summed E-state index contributed by atoms with van der Waals surface area (Å²) in [5, 5.41) is 10.3. The van der Waals surface area contributed by atoms with Gasteiger partial charge >= 0.3 is 5.97 Å². The zero-order chi connectivity index (χ0) is 11.7. The third-order valence-corrected chi connectivity index (χ3v) is 2.35. The van der Waals surface area contributed by atoms with Crippen molar-refractivity contribution >= 4 is 5.97 Å². The Morgan fingerprint density at radius 1 is 1.47 bits per heavy atom. The van der Waals surface area contributed by atoms with Crippen LogP contribution < -0.4 is 11.6 Å². The average molecular weight is 209 g/mol. The van der Waals surface area contributed by atoms with Crippen molar-refractivity contribution in [2.45, 2.75) is 20.8 Å². The van der Waals surface area contributed by atoms with E-state index in [1.165, 1.54) is 5.01 Å². The first-order valence-corrected chi connectivity index (χ1v) is 4.50. The second-order valence-electron chi connectivity index (χ2n) is 3.53. The van der Waals surface area contributed by atoms with E-state index in [9.17, 15) is 4.79 Å². The second-order valence-corrected chi connectivity index (χ2v) is 3.53. The van der Waals surface area contributed by atoms with E-state index in [0.717, 1.165) is 0 Å². The van der Waals surface area contributed by atoms with Crippen LogP contribution in [0.1, 0.15) is 20.8 Å². The fourth-order valence-electron chi connectivity index (χ4n) is 1.56. The topological polar surface area (TPSA) is 92.6 Å². The Labute approximate surface area is 88.3 Å². The van der Waals surface area contributed by atoms with Gasteiger partial charge in [-0.15, -0.1) is 0 Å². The highest BCUT2D eigenvalue weighted by atomic mass is 16.4. The molecule has 0 saturated carbocycles. The Hall–Kier alpha value is -1.75. The van der Waals surface area contributed by atoms with E-state index in [0.29, 0.717) is 22.7 Å². The van der Waals surface area contributed by atoms with Crippen LogP contribution in [0.5, 0.6) is 0 Å². The fourth-order valence-corrected chi connectivity index (χ4v) is 1.56. The van der Waals surface area contributed by atoms with Gasteiger partial charge in [-0.1, -0.05) is 0 Å². The molecule has 5 heteroatoms. The molecule has 0 aromatic carbocycles. The molecule has 0 spiro atoms. The Morgan fingerprint density at radius 3 is 2.40 bits per heavy atom. The average Bonchev–Trinajstić information content (AvgIpc) is 2.10. The molecule has 0 aromatic rings. The summed E-state index contributed by atoms with van der Waals surface area (Å²) in [6.07, 6.45) is 1.67. The molecular formula is C10H15N3O2. The van der Waals surface area contributed by atoms with Crippen molar-refractivity contribution in [3.05, 3.63) is 34.3 Å². The first kappa shape index (κ1) is 11.3. The molecule has 1 aliphatic rings. The Kier molecular flexibility index (Phi) is 2.85. The van der Waals surface area contributed by atoms with Crippen molar-refractivity contribution in [3.8, 4) is 0 Å². The van der Waals surface area contributed by atoms with Crippen LogP contribution in [-0.2, 0) is 4.79 Å². The van der Waals surface area contributed by atoms with Crippen molar-refractivity contribution in [1.29, 1.82) is 0 Å². The number of hydrogen-bond donors (Lipinski definition) is 3. The molecule has 0 amide bonds. The molecule has 1 aliphatic heterocycles. The molecule has 0 atom stereocenters. The van der Waals surface area contributed by atoms with Gasteiger partial charge in [0.05, 0.1) is 11.3 Å². The molecule has 1 heterocycles. The summed E-state index contributed by atoms with van der Waals surface area (Å²) < 4.78 is 0. The second kappa shape index (κ2) is 3.78. The predicted octanol–water partition coefficient (Wildman–Crippen LogP) is 0.671. The minimum atomic E-state index is -0.981. The number of hydrogen-bond acceptors (Lipinski definition) is 4. The largest absolute Gasteiger partial charge is 0.478 e. The summed E-state index contributed by atoms with van der Waals surface area (Å²) in [4.78, 5) is 11.0. The first-order chi connectivity index (χ1) is 6.86. The van der Waals surface area contributed by atoms with Crippen LogP contribution in [0.15, 0.2) is 34.3 Å². The van der Waals surface area contributed by atoms with Crippen LogP contribution in [0, 0.1) is 0 Å². The normalized spacial score (nSPS) is 20.3. The third kappa shape index (κ3) is 1.87. The molecule has 5 nitrogen and oxygen atoms in total. The van der Waals surface area contributed by atoms with Gasteiger partial charge in [-0.2, -0.15) is 0 Å². The number of carboxylic acids is 1. The van der Waals surface area contributed by atoms with Gasteiger partial charge in [0.1, 0.15) is 0 Å². The minimum absolute atomic E-state index is 0.225. The van der Waals surface area contributed by atoms with E-state index in [1.54, 1.807) is 26.8 Å². The quantitative estimate of drug-likeness (QED) is 0.552. The van der Waals surface area contributed by atoms with Gasteiger partial charge in [0.2, 0.25) is 0 Å². The maximum absolute atomic E-state index is 11.0. The van der Waals surface area contributed by atoms with Crippen molar-refractivity contribution in [2.24, 2.45) is 11.6 Å². The Balaban J connectivity index is 3.34. The van der Waals surface area contributed by atoms with Crippen molar-refractivity contribution in [1.82, 2.24) is 5.01 Å². The Morgan fingerprint density at radius 2 is 2.00 bits per heavy atom. The van der Waals surface area contributed by atoms with Crippen LogP contribution >= 0.6 is 0 Å². The molecule has 82 valence electrons. The summed E-state index contributed by atoms with van der Waals surface area (Å²) in [6.45, 7) is 5.10. The molecular weight excluding hydrogens is 194 g/mol. The van der Waals surface area contributed by atoms with Gasteiger partial charge < -0.3 is 10.8 Å². The highest BCUT2D eigenvalue weighted by molar-refractivity contribution is 5.93. The fraction of sp³-hybridized carbons (Fsp3) is 0.300. The zero-order valence-electron chi connectivity index (χ0n) is 9.03. The molecule has 0 aliphatic carbocycles. The van der Waals surface area contributed by atoms with Gasteiger partial charge in [0.15, 0.2) is 0 Å². The lowest BCUT2D eigenvalue weighted by Crippen LogP contribution is -2.34. The van der Waals surface area contributed by atoms with Crippen LogP contribution in [0.2, 0.25) is 0 Å². The summed E-state index contributed by atoms with van der Waals surface area (Å²) in [5.41, 5.74) is 8.20. The van der Waals surface area contributed by atoms with Crippen molar-refractivity contribution < 1.29 is 9.90 Å². The molecule has 0 aromatic heterocycles. The lowest BCUT2D eigenvalue weighted by Gasteiger charge is -2.28. The number of carbonyl (C=O) groups is 1. The van der Waals surface area contributed by atoms with Gasteiger partial charge in [-0.25, -0.2) is 10.6 Å². The SMILES string of the molecule is CC1=C/C(=C(\C)N)N(N)C(C)=C1C(=O)O. The summed E-state index contributed by atoms with van der Waals surface area (Å²) >= 11 is 0. The lowest BCUT2D eigenvalue weighted by atomic mass is 10.00. The number of carboxylic acid groups (broad SMARTS) is 1. The third-order valence-electron chi connectivity index (χ3n) is 2.35. The van der Waals surface area contributed by atoms with E-state index in [-0.39, 0.29) is 5.57 Å². The molecule has 5 N–H and O–H groups in total. The lowest BCUT2D eigenvalue weighted by molar-refractivity contribution is -0.132. The molecule has 0 fully saturated rings. The molecule has 15 heavy (non-hydrogen) atoms. The van der Waals surface area contributed by atoms with Crippen LogP contribution in [-0.4, -0.2) is 16.1 Å². The van der Waals surface area contributed by atoms with Crippen molar-refractivity contribution in [2.75, 3.05) is 0 Å². The standard InChI is InChI=1S/C10H15N3O2/c1-5-4-8(6(2)11)13(12)7(3)9(5)10(14)15/h4H,11-12H2,1-3H3,(H,14,15)/b8-6-. The summed E-state index contributed by atoms with van der Waals surface area (Å²) in [5.74, 6) is 4.76. The first-order valence-electron chi connectivity index (χ1n) is 4.50. The van der Waals surface area contributed by atoms with Gasteiger partial charge in [-0.05, 0) is 32.4 Å². The molecule has 1 rings (SSSR count). The maximum Gasteiger partial charge on any atom is 0.337 e. The number of allylic oxidation sites excluding steroid dienone is 3. The van der Waals surface area contributed by atoms with E-state index in [4.69, 9.17) is 16.7 Å². The van der Waals surface area contributed by atoms with Gasteiger partial charge in [0.25, 0.3) is 0 Å². The van der Waals surface area contributed by atoms with Gasteiger partial charge in [-0.3, -0.25) is 5.01 Å². The van der Waals surface area contributed by atoms with E-state index >= 15 is 0 Å². The molecule has 0 saturated heterocycles. The smallest absolute Gasteiger partial charge is 0.337 e. The number of nitrogens with zero attached hydrogens (tertiary/aromatic N) is 1. The minimum Gasteiger partial charge on any atom is -0.478 e. The van der Waals surface area contributed by atoms with Crippen LogP contribution in [0.4, 0.5) is 0 Å². The highest BCUT2D eigenvalue weighted by Gasteiger charge is 2.23. The van der Waals surface area contributed by atoms with Crippen LogP contribution in [0.3, 0.4) is 0 Å². The predicted molar refractivity (Wildman–Crippen MR) is 57.0 cm³/mol. The monoisotopic (exact) mass is 209 g/mol. The van der Waals surface area contributed by atoms with E-state index in [1.807, 2.05) is 0 Å². The van der Waals surface area contributed by atoms with Gasteiger partial charge in [0, 0.05) is 11.4 Å². The van der Waals surface area contributed by atoms with E-state index < -0.39 is 5.97 Å². The number of aliphatic carboxylic acids is 1.